The standard InChI is InChI=1S/C27H23N5O3S/c1-34-23-14-12-21(16-24(23)35-2)28-26(33)17-36-27-30-29-25-15-13-22(31-32(25)27)20-10-8-19(9-11-20)18-6-4-3-5-7-18/h3-16H,17H2,1-2H3,(H,28,33). The first-order chi connectivity index (χ1) is 17.6. The van der Waals surface area contributed by atoms with E-state index in [0.717, 1.165) is 22.4 Å². The fourth-order valence-electron chi connectivity index (χ4n) is 3.72. The Bertz CT molecular complexity index is 1500. The molecule has 0 aliphatic heterocycles. The molecule has 8 nitrogen and oxygen atoms in total. The normalized spacial score (nSPS) is 10.8. The molecule has 0 bridgehead atoms. The molecule has 0 atom stereocenters. The Labute approximate surface area is 212 Å². The largest absolute Gasteiger partial charge is 0.493 e. The number of carbonyl (C=O) groups is 1. The monoisotopic (exact) mass is 497 g/mol. The zero-order valence-electron chi connectivity index (χ0n) is 19.7. The summed E-state index contributed by atoms with van der Waals surface area (Å²) < 4.78 is 12.2. The van der Waals surface area contributed by atoms with Crippen molar-refractivity contribution in [2.45, 2.75) is 5.16 Å². The topological polar surface area (TPSA) is 90.6 Å². The van der Waals surface area contributed by atoms with Crippen LogP contribution in [0.15, 0.2) is 90.1 Å². The molecule has 1 amide bonds. The highest BCUT2D eigenvalue weighted by Gasteiger charge is 2.13. The number of carbonyl (C=O) groups excluding carboxylic acids is 1. The lowest BCUT2D eigenvalue weighted by Crippen LogP contribution is -2.14. The van der Waals surface area contributed by atoms with Gasteiger partial charge < -0.3 is 14.8 Å². The summed E-state index contributed by atoms with van der Waals surface area (Å²) in [4.78, 5) is 12.6. The van der Waals surface area contributed by atoms with Crippen LogP contribution in [0.5, 0.6) is 11.5 Å². The molecule has 0 saturated carbocycles. The number of methoxy groups -OCH3 is 2. The highest BCUT2D eigenvalue weighted by Crippen LogP contribution is 2.30. The summed E-state index contributed by atoms with van der Waals surface area (Å²) in [5, 5.41) is 16.5. The van der Waals surface area contributed by atoms with Gasteiger partial charge in [0.15, 0.2) is 17.1 Å². The number of anilines is 1. The van der Waals surface area contributed by atoms with Gasteiger partial charge in [-0.25, -0.2) is 0 Å². The summed E-state index contributed by atoms with van der Waals surface area (Å²) in [5.74, 6) is 1.10. The first-order valence-electron chi connectivity index (χ1n) is 11.2. The van der Waals surface area contributed by atoms with Crippen LogP contribution in [0.3, 0.4) is 0 Å². The highest BCUT2D eigenvalue weighted by molar-refractivity contribution is 7.99. The lowest BCUT2D eigenvalue weighted by atomic mass is 10.0. The predicted octanol–water partition coefficient (Wildman–Crippen LogP) is 5.21. The Hall–Kier alpha value is -4.37. The van der Waals surface area contributed by atoms with Crippen LogP contribution in [-0.4, -0.2) is 45.7 Å². The van der Waals surface area contributed by atoms with Crippen molar-refractivity contribution >= 4 is 29.0 Å². The van der Waals surface area contributed by atoms with Crippen molar-refractivity contribution in [2.24, 2.45) is 0 Å². The number of fused-ring (bicyclic) bond motifs is 1. The predicted molar refractivity (Wildman–Crippen MR) is 141 cm³/mol. The molecule has 9 heteroatoms. The van der Waals surface area contributed by atoms with Gasteiger partial charge in [0.1, 0.15) is 0 Å². The van der Waals surface area contributed by atoms with E-state index in [-0.39, 0.29) is 11.7 Å². The Morgan fingerprint density at radius 2 is 1.56 bits per heavy atom. The number of rotatable bonds is 8. The molecule has 180 valence electrons. The van der Waals surface area contributed by atoms with E-state index in [1.165, 1.54) is 11.8 Å². The van der Waals surface area contributed by atoms with E-state index in [0.29, 0.717) is 28.0 Å². The summed E-state index contributed by atoms with van der Waals surface area (Å²) in [6.07, 6.45) is 0. The van der Waals surface area contributed by atoms with Crippen LogP contribution in [0, 0.1) is 0 Å². The Morgan fingerprint density at radius 1 is 0.833 bits per heavy atom. The number of hydrogen-bond acceptors (Lipinski definition) is 7. The zero-order valence-corrected chi connectivity index (χ0v) is 20.5. The van der Waals surface area contributed by atoms with Crippen LogP contribution in [0.4, 0.5) is 5.69 Å². The molecule has 0 saturated heterocycles. The maximum absolute atomic E-state index is 12.6. The maximum atomic E-state index is 12.6. The maximum Gasteiger partial charge on any atom is 0.234 e. The first-order valence-corrected chi connectivity index (χ1v) is 12.2. The van der Waals surface area contributed by atoms with Gasteiger partial charge in [0.2, 0.25) is 11.1 Å². The second kappa shape index (κ2) is 10.5. The molecule has 0 aliphatic carbocycles. The third-order valence-corrected chi connectivity index (χ3v) is 6.44. The minimum atomic E-state index is -0.184. The second-order valence-corrected chi connectivity index (χ2v) is 8.76. The number of hydrogen-bond donors (Lipinski definition) is 1. The SMILES string of the molecule is COc1ccc(NC(=O)CSc2nnc3ccc(-c4ccc(-c5ccccc5)cc4)nn23)cc1OC. The van der Waals surface area contributed by atoms with Gasteiger partial charge >= 0.3 is 0 Å². The molecule has 5 aromatic rings. The van der Waals surface area contributed by atoms with Gasteiger partial charge in [0, 0.05) is 17.3 Å². The number of benzene rings is 3. The van der Waals surface area contributed by atoms with Gasteiger partial charge in [0.25, 0.3) is 0 Å². The summed E-state index contributed by atoms with van der Waals surface area (Å²) >= 11 is 1.26. The van der Waals surface area contributed by atoms with Crippen LogP contribution in [0.1, 0.15) is 0 Å². The van der Waals surface area contributed by atoms with E-state index in [1.807, 2.05) is 42.5 Å². The van der Waals surface area contributed by atoms with Crippen molar-refractivity contribution in [3.05, 3.63) is 84.9 Å². The number of nitrogens with zero attached hydrogens (tertiary/aromatic N) is 4. The van der Waals surface area contributed by atoms with Crippen LogP contribution >= 0.6 is 11.8 Å². The number of amides is 1. The lowest BCUT2D eigenvalue weighted by Gasteiger charge is -2.10. The van der Waals surface area contributed by atoms with Crippen molar-refractivity contribution in [2.75, 3.05) is 25.3 Å². The van der Waals surface area contributed by atoms with Gasteiger partial charge in [-0.2, -0.15) is 9.61 Å². The second-order valence-electron chi connectivity index (χ2n) is 7.82. The molecule has 0 aliphatic rings. The van der Waals surface area contributed by atoms with Gasteiger partial charge in [-0.1, -0.05) is 66.4 Å². The summed E-state index contributed by atoms with van der Waals surface area (Å²) in [5.41, 5.74) is 5.30. The molecule has 2 heterocycles. The highest BCUT2D eigenvalue weighted by atomic mass is 32.2. The van der Waals surface area contributed by atoms with E-state index in [1.54, 1.807) is 36.9 Å². The Kier molecular flexibility index (Phi) is 6.81. The summed E-state index contributed by atoms with van der Waals surface area (Å²) in [6, 6.07) is 27.5. The molecule has 0 unspecified atom stereocenters. The summed E-state index contributed by atoms with van der Waals surface area (Å²) in [7, 11) is 3.11. The molecule has 3 aromatic carbocycles. The fourth-order valence-corrected chi connectivity index (χ4v) is 4.41. The van der Waals surface area contributed by atoms with E-state index in [9.17, 15) is 4.79 Å². The lowest BCUT2D eigenvalue weighted by molar-refractivity contribution is -0.113. The Balaban J connectivity index is 1.29. The molecular formula is C27H23N5O3S. The van der Waals surface area contributed by atoms with Gasteiger partial charge in [-0.3, -0.25) is 4.79 Å². The van der Waals surface area contributed by atoms with Crippen LogP contribution in [0.25, 0.3) is 28.0 Å². The van der Waals surface area contributed by atoms with Crippen LogP contribution < -0.4 is 14.8 Å². The van der Waals surface area contributed by atoms with E-state index in [4.69, 9.17) is 14.6 Å². The zero-order chi connectivity index (χ0) is 24.9. The molecule has 0 fully saturated rings. The quantitative estimate of drug-likeness (QED) is 0.295. The third-order valence-electron chi connectivity index (χ3n) is 5.52. The van der Waals surface area contributed by atoms with Crippen LogP contribution in [0.2, 0.25) is 0 Å². The van der Waals surface area contributed by atoms with Crippen molar-refractivity contribution in [1.82, 2.24) is 19.8 Å². The first kappa shape index (κ1) is 23.4. The number of ether oxygens (including phenoxy) is 2. The minimum Gasteiger partial charge on any atom is -0.493 e. The summed E-state index contributed by atoms with van der Waals surface area (Å²) in [6.45, 7) is 0. The molecule has 5 rings (SSSR count). The molecule has 0 radical (unpaired) electrons. The van der Waals surface area contributed by atoms with Crippen molar-refractivity contribution in [3.8, 4) is 33.9 Å². The van der Waals surface area contributed by atoms with Crippen molar-refractivity contribution < 1.29 is 14.3 Å². The van der Waals surface area contributed by atoms with E-state index < -0.39 is 0 Å². The van der Waals surface area contributed by atoms with Crippen LogP contribution in [-0.2, 0) is 4.79 Å². The Morgan fingerprint density at radius 3 is 2.31 bits per heavy atom. The molecular weight excluding hydrogens is 474 g/mol. The van der Waals surface area contributed by atoms with Gasteiger partial charge in [-0.05, 0) is 35.4 Å². The average Bonchev–Trinajstić information content (AvgIpc) is 3.34. The average molecular weight is 498 g/mol. The van der Waals surface area contributed by atoms with E-state index >= 15 is 0 Å². The number of thioether (sulfide) groups is 1. The van der Waals surface area contributed by atoms with Crippen molar-refractivity contribution in [3.63, 3.8) is 0 Å². The molecule has 36 heavy (non-hydrogen) atoms. The fraction of sp³-hybridized carbons (Fsp3) is 0.111. The minimum absolute atomic E-state index is 0.146. The molecule has 0 spiro atoms. The third kappa shape index (κ3) is 5.01. The molecule has 2 aromatic heterocycles. The van der Waals surface area contributed by atoms with Gasteiger partial charge in [-0.15, -0.1) is 10.2 Å². The van der Waals surface area contributed by atoms with Gasteiger partial charge in [0.05, 0.1) is 25.7 Å². The number of aromatic nitrogens is 4. The smallest absolute Gasteiger partial charge is 0.234 e. The number of nitrogens with one attached hydrogen (secondary N) is 1. The van der Waals surface area contributed by atoms with E-state index in [2.05, 4.69) is 39.8 Å². The van der Waals surface area contributed by atoms with Crippen molar-refractivity contribution in [1.29, 1.82) is 0 Å². The molecule has 1 N–H and O–H groups in total.